The Morgan fingerprint density at radius 1 is 1.26 bits per heavy atom. The van der Waals surface area contributed by atoms with Crippen molar-refractivity contribution in [2.24, 2.45) is 5.92 Å². The summed E-state index contributed by atoms with van der Waals surface area (Å²) in [5.74, 6) is 0.863. The number of hydrogen-bond acceptors (Lipinski definition) is 4. The lowest BCUT2D eigenvalue weighted by atomic mass is 9.83. The number of aromatic nitrogens is 3. The molecule has 1 aliphatic carbocycles. The molecular formula is C20H25N5O2. The molecule has 27 heavy (non-hydrogen) atoms. The molecular weight excluding hydrogens is 342 g/mol. The first-order valence-corrected chi connectivity index (χ1v) is 9.95. The van der Waals surface area contributed by atoms with E-state index in [-0.39, 0.29) is 11.5 Å². The first-order chi connectivity index (χ1) is 13.2. The van der Waals surface area contributed by atoms with Gasteiger partial charge in [0.15, 0.2) is 5.69 Å². The van der Waals surface area contributed by atoms with Crippen LogP contribution in [0.15, 0.2) is 23.0 Å². The summed E-state index contributed by atoms with van der Waals surface area (Å²) in [6, 6.07) is 5.62. The zero-order valence-corrected chi connectivity index (χ0v) is 15.4. The second kappa shape index (κ2) is 6.64. The number of nitrogens with zero attached hydrogens (tertiary/aromatic N) is 3. The Hall–Kier alpha value is -2.41. The number of rotatable bonds is 4. The molecule has 2 N–H and O–H groups in total. The van der Waals surface area contributed by atoms with E-state index in [1.807, 2.05) is 10.6 Å². The lowest BCUT2D eigenvalue weighted by Crippen LogP contribution is -2.48. The molecule has 142 valence electrons. The Labute approximate surface area is 157 Å². The molecule has 2 bridgehead atoms. The van der Waals surface area contributed by atoms with Crippen molar-refractivity contribution in [2.45, 2.75) is 38.1 Å². The average molecular weight is 367 g/mol. The fourth-order valence-corrected chi connectivity index (χ4v) is 5.10. The van der Waals surface area contributed by atoms with Gasteiger partial charge in [-0.2, -0.15) is 5.10 Å². The van der Waals surface area contributed by atoms with Gasteiger partial charge >= 0.3 is 0 Å². The van der Waals surface area contributed by atoms with Crippen LogP contribution in [-0.2, 0) is 19.4 Å². The number of aromatic amines is 1. The van der Waals surface area contributed by atoms with Crippen molar-refractivity contribution in [2.75, 3.05) is 26.2 Å². The van der Waals surface area contributed by atoms with Crippen molar-refractivity contribution in [1.29, 1.82) is 0 Å². The van der Waals surface area contributed by atoms with Crippen molar-refractivity contribution in [3.63, 3.8) is 0 Å². The molecule has 5 rings (SSSR count). The summed E-state index contributed by atoms with van der Waals surface area (Å²) in [6.07, 6.45) is 4.20. The molecule has 7 nitrogen and oxygen atoms in total. The van der Waals surface area contributed by atoms with Crippen molar-refractivity contribution in [1.82, 2.24) is 25.0 Å². The van der Waals surface area contributed by atoms with E-state index in [0.717, 1.165) is 63.1 Å². The molecule has 2 aromatic heterocycles. The second-order valence-electron chi connectivity index (χ2n) is 8.10. The number of carbonyl (C=O) groups is 1. The van der Waals surface area contributed by atoms with E-state index >= 15 is 0 Å². The van der Waals surface area contributed by atoms with Gasteiger partial charge in [-0.3, -0.25) is 14.7 Å². The van der Waals surface area contributed by atoms with Gasteiger partial charge in [-0.25, -0.2) is 0 Å². The number of amides is 1. The highest BCUT2D eigenvalue weighted by atomic mass is 16.2. The van der Waals surface area contributed by atoms with Crippen molar-refractivity contribution in [3.8, 4) is 0 Å². The lowest BCUT2D eigenvalue weighted by molar-refractivity contribution is 0.0922. The van der Waals surface area contributed by atoms with Gasteiger partial charge in [0.05, 0.1) is 0 Å². The molecule has 3 aliphatic rings. The van der Waals surface area contributed by atoms with Gasteiger partial charge in [0.25, 0.3) is 11.5 Å². The number of H-pyrrole nitrogens is 1. The molecule has 2 aromatic rings. The lowest BCUT2D eigenvalue weighted by Gasteiger charge is -2.42. The largest absolute Gasteiger partial charge is 0.349 e. The first kappa shape index (κ1) is 16.7. The summed E-state index contributed by atoms with van der Waals surface area (Å²) in [5.41, 5.74) is 4.08. The molecule has 4 heterocycles. The van der Waals surface area contributed by atoms with Crippen LogP contribution in [0, 0.1) is 5.92 Å². The number of nitrogens with one attached hydrogen (secondary N) is 2. The number of likely N-dealkylation sites (tertiary alicyclic amines) is 1. The van der Waals surface area contributed by atoms with Crippen molar-refractivity contribution >= 4 is 5.91 Å². The van der Waals surface area contributed by atoms with Crippen LogP contribution >= 0.6 is 0 Å². The van der Waals surface area contributed by atoms with Crippen LogP contribution in [-0.4, -0.2) is 51.8 Å². The SMILES string of the molecule is O=C(NCCN1CC2CC(C1)c1cccc(=O)n1C2)c1n[nH]c2c1CCC2. The summed E-state index contributed by atoms with van der Waals surface area (Å²) in [7, 11) is 0. The highest BCUT2D eigenvalue weighted by molar-refractivity contribution is 5.94. The third-order valence-electron chi connectivity index (χ3n) is 6.29. The molecule has 1 saturated heterocycles. The Kier molecular flexibility index (Phi) is 4.11. The van der Waals surface area contributed by atoms with E-state index in [4.69, 9.17) is 0 Å². The molecule has 0 spiro atoms. The van der Waals surface area contributed by atoms with Gasteiger partial charge in [0.1, 0.15) is 0 Å². The number of fused-ring (bicyclic) bond motifs is 5. The summed E-state index contributed by atoms with van der Waals surface area (Å²) in [5, 5.41) is 10.2. The predicted molar refractivity (Wildman–Crippen MR) is 101 cm³/mol. The third-order valence-corrected chi connectivity index (χ3v) is 6.29. The molecule has 7 heteroatoms. The maximum Gasteiger partial charge on any atom is 0.272 e. The van der Waals surface area contributed by atoms with E-state index in [9.17, 15) is 9.59 Å². The summed E-state index contributed by atoms with van der Waals surface area (Å²) >= 11 is 0. The minimum atomic E-state index is -0.0662. The zero-order chi connectivity index (χ0) is 18.4. The normalized spacial score (nSPS) is 23.7. The van der Waals surface area contributed by atoms with E-state index in [0.29, 0.717) is 24.1 Å². The topological polar surface area (TPSA) is 83.0 Å². The van der Waals surface area contributed by atoms with E-state index < -0.39 is 0 Å². The number of aryl methyl sites for hydroxylation is 1. The van der Waals surface area contributed by atoms with Crippen LogP contribution in [0.3, 0.4) is 0 Å². The Balaban J connectivity index is 1.19. The molecule has 1 amide bonds. The van der Waals surface area contributed by atoms with Crippen molar-refractivity contribution < 1.29 is 4.79 Å². The molecule has 0 aromatic carbocycles. The van der Waals surface area contributed by atoms with Gasteiger partial charge in [-0.1, -0.05) is 6.07 Å². The highest BCUT2D eigenvalue weighted by Crippen LogP contribution is 2.34. The van der Waals surface area contributed by atoms with Gasteiger partial charge in [0.2, 0.25) is 0 Å². The minimum Gasteiger partial charge on any atom is -0.349 e. The van der Waals surface area contributed by atoms with E-state index in [1.165, 1.54) is 5.69 Å². The van der Waals surface area contributed by atoms with Gasteiger partial charge in [0, 0.05) is 61.7 Å². The fraction of sp³-hybridized carbons (Fsp3) is 0.550. The molecule has 2 unspecified atom stereocenters. The third kappa shape index (κ3) is 3.00. The standard InChI is InChI=1S/C20H25N5O2/c26-18-6-2-5-17-14-9-13(11-25(17)18)10-24(12-14)8-7-21-20(27)19-15-3-1-4-16(15)22-23-19/h2,5-6,13-14H,1,3-4,7-12H2,(H,21,27)(H,22,23). The predicted octanol–water partition coefficient (Wildman–Crippen LogP) is 0.909. The molecule has 0 radical (unpaired) electrons. The molecule has 0 saturated carbocycles. The van der Waals surface area contributed by atoms with E-state index in [2.05, 4.69) is 26.5 Å². The molecule has 1 fully saturated rings. The van der Waals surface area contributed by atoms with E-state index in [1.54, 1.807) is 6.07 Å². The highest BCUT2D eigenvalue weighted by Gasteiger charge is 2.34. The summed E-state index contributed by atoms with van der Waals surface area (Å²) in [6.45, 7) is 4.22. The molecule has 2 aliphatic heterocycles. The fourth-order valence-electron chi connectivity index (χ4n) is 5.10. The van der Waals surface area contributed by atoms with Crippen molar-refractivity contribution in [3.05, 3.63) is 51.2 Å². The van der Waals surface area contributed by atoms with Crippen LogP contribution < -0.4 is 10.9 Å². The quantitative estimate of drug-likeness (QED) is 0.841. The first-order valence-electron chi connectivity index (χ1n) is 9.95. The number of hydrogen-bond donors (Lipinski definition) is 2. The zero-order valence-electron chi connectivity index (χ0n) is 15.4. The number of pyridine rings is 1. The minimum absolute atomic E-state index is 0.0662. The monoisotopic (exact) mass is 367 g/mol. The summed E-state index contributed by atoms with van der Waals surface area (Å²) < 4.78 is 1.95. The summed E-state index contributed by atoms with van der Waals surface area (Å²) in [4.78, 5) is 27.0. The van der Waals surface area contributed by atoms with Gasteiger partial charge < -0.3 is 14.8 Å². The van der Waals surface area contributed by atoms with Gasteiger partial charge in [-0.15, -0.1) is 0 Å². The number of carbonyl (C=O) groups excluding carboxylic acids is 1. The second-order valence-corrected chi connectivity index (χ2v) is 8.10. The maximum absolute atomic E-state index is 12.5. The van der Waals surface area contributed by atoms with Crippen LogP contribution in [0.5, 0.6) is 0 Å². The Bertz CT molecular complexity index is 931. The molecule has 2 atom stereocenters. The Morgan fingerprint density at radius 2 is 2.19 bits per heavy atom. The smallest absolute Gasteiger partial charge is 0.272 e. The van der Waals surface area contributed by atoms with Crippen LogP contribution in [0.2, 0.25) is 0 Å². The van der Waals surface area contributed by atoms with Crippen LogP contribution in [0.4, 0.5) is 0 Å². The van der Waals surface area contributed by atoms with Crippen LogP contribution in [0.1, 0.15) is 46.2 Å². The average Bonchev–Trinajstić information content (AvgIpc) is 3.26. The Morgan fingerprint density at radius 3 is 3.11 bits per heavy atom. The van der Waals surface area contributed by atoms with Gasteiger partial charge in [-0.05, 0) is 37.7 Å². The maximum atomic E-state index is 12.5. The number of piperidine rings is 1. The van der Waals surface area contributed by atoms with Crippen LogP contribution in [0.25, 0.3) is 0 Å².